The van der Waals surface area contributed by atoms with E-state index in [2.05, 4.69) is 10.6 Å². The molecule has 2 fully saturated rings. The molecule has 0 aromatic heterocycles. The van der Waals surface area contributed by atoms with Crippen molar-refractivity contribution in [3.63, 3.8) is 0 Å². The molecule has 2 aliphatic heterocycles. The zero-order valence-electron chi connectivity index (χ0n) is 20.2. The van der Waals surface area contributed by atoms with Crippen molar-refractivity contribution in [1.29, 1.82) is 0 Å². The Labute approximate surface area is 212 Å². The molecule has 4 rings (SSSR count). The van der Waals surface area contributed by atoms with Crippen LogP contribution in [0, 0.1) is 11.6 Å². The molecule has 2 N–H and O–H groups in total. The third kappa shape index (κ3) is 6.13. The van der Waals surface area contributed by atoms with Gasteiger partial charge in [0, 0.05) is 50.8 Å². The number of hydrogen-bond donors (Lipinski definition) is 2. The molecule has 0 aliphatic carbocycles. The summed E-state index contributed by atoms with van der Waals surface area (Å²) in [6, 6.07) is 10.7. The molecule has 0 spiro atoms. The largest absolute Gasteiger partial charge is 0.442 e. The Balaban J connectivity index is 1.33. The van der Waals surface area contributed by atoms with Crippen LogP contribution in [0.25, 0.3) is 0 Å². The number of cyclic esters (lactones) is 1. The van der Waals surface area contributed by atoms with Gasteiger partial charge in [0.15, 0.2) is 11.6 Å². The lowest BCUT2D eigenvalue weighted by atomic mass is 10.2. The van der Waals surface area contributed by atoms with E-state index < -0.39 is 23.8 Å². The highest BCUT2D eigenvalue weighted by molar-refractivity contribution is 5.96. The number of anilines is 2. The highest BCUT2D eigenvalue weighted by Gasteiger charge is 2.34. The Bertz CT molecular complexity index is 1160. The predicted octanol–water partition coefficient (Wildman–Crippen LogP) is 1.50. The summed E-state index contributed by atoms with van der Waals surface area (Å²) in [7, 11) is 0. The summed E-state index contributed by atoms with van der Waals surface area (Å²) in [5.41, 5.74) is 0.215. The van der Waals surface area contributed by atoms with E-state index in [-0.39, 0.29) is 74.9 Å². The number of ether oxygens (including phenoxy) is 1. The number of hydrogen-bond acceptors (Lipinski definition) is 6. The van der Waals surface area contributed by atoms with Crippen LogP contribution >= 0.6 is 0 Å². The van der Waals surface area contributed by atoms with Gasteiger partial charge in [0.25, 0.3) is 5.91 Å². The lowest BCUT2D eigenvalue weighted by molar-refractivity contribution is -0.130. The molecule has 0 bridgehead atoms. The molecule has 4 amide bonds. The normalized spacial score (nSPS) is 17.4. The number of amides is 4. The van der Waals surface area contributed by atoms with Crippen molar-refractivity contribution >= 4 is 35.2 Å². The van der Waals surface area contributed by atoms with Gasteiger partial charge in [0.2, 0.25) is 11.8 Å². The molecule has 0 unspecified atom stereocenters. The minimum atomic E-state index is -0.844. The first-order valence-corrected chi connectivity index (χ1v) is 11.8. The molecule has 0 saturated carbocycles. The van der Waals surface area contributed by atoms with Crippen LogP contribution in [0.1, 0.15) is 17.3 Å². The van der Waals surface area contributed by atoms with E-state index in [0.717, 1.165) is 17.0 Å². The molecule has 37 heavy (non-hydrogen) atoms. The third-order valence-electron chi connectivity index (χ3n) is 6.15. The summed E-state index contributed by atoms with van der Waals surface area (Å²) < 4.78 is 35.2. The minimum Gasteiger partial charge on any atom is -0.442 e. The Morgan fingerprint density at radius 2 is 1.65 bits per heavy atom. The Morgan fingerprint density at radius 1 is 1.00 bits per heavy atom. The summed E-state index contributed by atoms with van der Waals surface area (Å²) in [6.45, 7) is 2.12. The van der Waals surface area contributed by atoms with E-state index in [9.17, 15) is 19.2 Å². The van der Waals surface area contributed by atoms with Crippen LogP contribution in [0.4, 0.5) is 25.0 Å². The van der Waals surface area contributed by atoms with Gasteiger partial charge < -0.3 is 25.2 Å². The minimum absolute atomic E-state index is 0.0112. The van der Waals surface area contributed by atoms with Crippen LogP contribution in [0.2, 0.25) is 0 Å². The van der Waals surface area contributed by atoms with Crippen LogP contribution in [0.3, 0.4) is 0 Å². The zero-order chi connectivity index (χ0) is 26.5. The first-order valence-electron chi connectivity index (χ1n) is 11.8. The molecule has 2 aromatic rings. The van der Waals surface area contributed by atoms with Gasteiger partial charge in [-0.3, -0.25) is 19.3 Å². The molecule has 1 atom stereocenters. The van der Waals surface area contributed by atoms with Crippen molar-refractivity contribution in [2.45, 2.75) is 13.0 Å². The number of piperazine rings is 1. The van der Waals surface area contributed by atoms with Gasteiger partial charge in [0.1, 0.15) is 11.8 Å². The van der Waals surface area contributed by atoms with E-state index in [1.54, 1.807) is 30.3 Å². The number of carbonyl (C=O) groups is 4. The van der Waals surface area contributed by atoms with Crippen LogP contribution in [-0.2, 0) is 14.3 Å². The molecule has 196 valence electrons. The van der Waals surface area contributed by atoms with Crippen molar-refractivity contribution < 1.29 is 32.7 Å². The monoisotopic (exact) mass is 515 g/mol. The van der Waals surface area contributed by atoms with E-state index in [1.165, 1.54) is 16.7 Å². The van der Waals surface area contributed by atoms with Gasteiger partial charge in [-0.05, 0) is 12.1 Å². The highest BCUT2D eigenvalue weighted by atomic mass is 19.1. The van der Waals surface area contributed by atoms with Crippen molar-refractivity contribution in [2.75, 3.05) is 55.6 Å². The molecule has 2 aliphatic rings. The summed E-state index contributed by atoms with van der Waals surface area (Å²) in [6.07, 6.45) is -1.39. The highest BCUT2D eigenvalue weighted by Crippen LogP contribution is 2.31. The third-order valence-corrected chi connectivity index (χ3v) is 6.15. The lowest BCUT2D eigenvalue weighted by Crippen LogP contribution is -2.51. The van der Waals surface area contributed by atoms with Crippen LogP contribution in [-0.4, -0.2) is 80.6 Å². The molecule has 2 aromatic carbocycles. The van der Waals surface area contributed by atoms with Gasteiger partial charge in [0.05, 0.1) is 25.3 Å². The molecular formula is C25H27F2N5O5. The van der Waals surface area contributed by atoms with Crippen LogP contribution in [0.5, 0.6) is 0 Å². The molecule has 10 nitrogen and oxygen atoms in total. The fourth-order valence-corrected chi connectivity index (χ4v) is 4.25. The van der Waals surface area contributed by atoms with Crippen molar-refractivity contribution in [2.24, 2.45) is 0 Å². The summed E-state index contributed by atoms with van der Waals surface area (Å²) in [4.78, 5) is 52.1. The standard InChI is InChI=1S/C25H27F2N5O5/c1-16(33)28-13-19-15-32(25(36)37-19)18-11-20(26)23(21(27)12-18)31-9-7-30(8-10-31)22(34)14-29-24(35)17-5-3-2-4-6-17/h2-6,11-12,19H,7-10,13-15H2,1H3,(H,28,33)(H,29,35)/t19-/m0/s1. The van der Waals surface area contributed by atoms with Gasteiger partial charge >= 0.3 is 6.09 Å². The van der Waals surface area contributed by atoms with Crippen LogP contribution in [0.15, 0.2) is 42.5 Å². The van der Waals surface area contributed by atoms with E-state index in [1.807, 2.05) is 0 Å². The number of carbonyl (C=O) groups excluding carboxylic acids is 4. The second-order valence-electron chi connectivity index (χ2n) is 8.73. The maximum atomic E-state index is 15.0. The second-order valence-corrected chi connectivity index (χ2v) is 8.73. The molecule has 2 saturated heterocycles. The fraction of sp³-hybridized carbons (Fsp3) is 0.360. The maximum Gasteiger partial charge on any atom is 0.414 e. The number of rotatable bonds is 7. The molecule has 2 heterocycles. The van der Waals surface area contributed by atoms with Gasteiger partial charge in [-0.25, -0.2) is 13.6 Å². The van der Waals surface area contributed by atoms with E-state index in [4.69, 9.17) is 4.74 Å². The molecular weight excluding hydrogens is 488 g/mol. The van der Waals surface area contributed by atoms with E-state index >= 15 is 8.78 Å². The maximum absolute atomic E-state index is 15.0. The Kier molecular flexibility index (Phi) is 7.85. The van der Waals surface area contributed by atoms with Gasteiger partial charge in [-0.15, -0.1) is 0 Å². The number of benzene rings is 2. The molecule has 0 radical (unpaired) electrons. The Hall–Kier alpha value is -4.22. The first kappa shape index (κ1) is 25.9. The first-order chi connectivity index (χ1) is 17.7. The molecule has 12 heteroatoms. The van der Waals surface area contributed by atoms with Crippen molar-refractivity contribution in [3.05, 3.63) is 59.7 Å². The average Bonchev–Trinajstić information content (AvgIpc) is 3.26. The topological polar surface area (TPSA) is 111 Å². The average molecular weight is 516 g/mol. The summed E-state index contributed by atoms with van der Waals surface area (Å²) in [5.74, 6) is -2.62. The second kappa shape index (κ2) is 11.2. The van der Waals surface area contributed by atoms with Crippen LogP contribution < -0.4 is 20.4 Å². The smallest absolute Gasteiger partial charge is 0.414 e. The zero-order valence-corrected chi connectivity index (χ0v) is 20.2. The predicted molar refractivity (Wildman–Crippen MR) is 130 cm³/mol. The number of nitrogens with zero attached hydrogens (tertiary/aromatic N) is 3. The SMILES string of the molecule is CC(=O)NC[C@H]1CN(c2cc(F)c(N3CCN(C(=O)CNC(=O)c4ccccc4)CC3)c(F)c2)C(=O)O1. The Morgan fingerprint density at radius 3 is 2.27 bits per heavy atom. The number of nitrogens with one attached hydrogen (secondary N) is 2. The fourth-order valence-electron chi connectivity index (χ4n) is 4.25. The van der Waals surface area contributed by atoms with E-state index in [0.29, 0.717) is 5.56 Å². The summed E-state index contributed by atoms with van der Waals surface area (Å²) >= 11 is 0. The quantitative estimate of drug-likeness (QED) is 0.579. The number of halogens is 2. The lowest BCUT2D eigenvalue weighted by Gasteiger charge is -2.36. The van der Waals surface area contributed by atoms with Gasteiger partial charge in [-0.1, -0.05) is 18.2 Å². The van der Waals surface area contributed by atoms with Crippen molar-refractivity contribution in [1.82, 2.24) is 15.5 Å². The van der Waals surface area contributed by atoms with Crippen molar-refractivity contribution in [3.8, 4) is 0 Å². The van der Waals surface area contributed by atoms with Gasteiger partial charge in [-0.2, -0.15) is 0 Å². The summed E-state index contributed by atoms with van der Waals surface area (Å²) in [5, 5.41) is 5.12.